The number of aryl methyl sites for hydroxylation is 1. The molecule has 7 heteroatoms. The minimum Gasteiger partial charge on any atom is -0.462 e. The number of esters is 1. The van der Waals surface area contributed by atoms with E-state index in [0.29, 0.717) is 30.8 Å². The molecule has 6 nitrogen and oxygen atoms in total. The van der Waals surface area contributed by atoms with Crippen molar-refractivity contribution in [3.63, 3.8) is 0 Å². The van der Waals surface area contributed by atoms with Crippen molar-refractivity contribution in [1.82, 2.24) is 0 Å². The van der Waals surface area contributed by atoms with Gasteiger partial charge in [0.15, 0.2) is 0 Å². The molecule has 3 rings (SSSR count). The first kappa shape index (κ1) is 19.4. The van der Waals surface area contributed by atoms with Gasteiger partial charge in [0.2, 0.25) is 0 Å². The summed E-state index contributed by atoms with van der Waals surface area (Å²) < 4.78 is 38.0. The third-order valence-electron chi connectivity index (χ3n) is 4.33. The lowest BCUT2D eigenvalue weighted by Crippen LogP contribution is -2.32. The number of carbonyl (C=O) groups is 1. The summed E-state index contributed by atoms with van der Waals surface area (Å²) in [5.41, 5.74) is 1.88. The number of ether oxygens (including phenoxy) is 2. The Morgan fingerprint density at radius 2 is 1.78 bits per heavy atom. The molecule has 2 aromatic carbocycles. The van der Waals surface area contributed by atoms with Crippen LogP contribution < -0.4 is 4.31 Å². The molecular weight excluding hydrogens is 366 g/mol. The number of hydrogen-bond acceptors (Lipinski definition) is 5. The zero-order chi connectivity index (χ0) is 19.4. The van der Waals surface area contributed by atoms with Gasteiger partial charge in [-0.2, -0.15) is 0 Å². The Morgan fingerprint density at radius 1 is 1.15 bits per heavy atom. The number of epoxide rings is 1. The Kier molecular flexibility index (Phi) is 5.82. The SMILES string of the molecule is CCOC(=O)c1ccc(N(CC[C@H]2CO2)S(=O)(=O)c2ccc(C)cc2)cc1. The van der Waals surface area contributed by atoms with E-state index in [1.165, 1.54) is 4.31 Å². The van der Waals surface area contributed by atoms with Gasteiger partial charge in [0, 0.05) is 6.54 Å². The molecule has 0 aliphatic carbocycles. The number of sulfonamides is 1. The maximum absolute atomic E-state index is 13.2. The molecule has 2 aromatic rings. The van der Waals surface area contributed by atoms with Crippen LogP contribution in [0, 0.1) is 6.92 Å². The van der Waals surface area contributed by atoms with Gasteiger partial charge in [0.1, 0.15) is 0 Å². The predicted octanol–water partition coefficient (Wildman–Crippen LogP) is 3.16. The summed E-state index contributed by atoms with van der Waals surface area (Å²) in [6.45, 7) is 4.91. The third-order valence-corrected chi connectivity index (χ3v) is 6.17. The maximum Gasteiger partial charge on any atom is 0.338 e. The van der Waals surface area contributed by atoms with Crippen molar-refractivity contribution < 1.29 is 22.7 Å². The highest BCUT2D eigenvalue weighted by atomic mass is 32.2. The minimum absolute atomic E-state index is 0.111. The summed E-state index contributed by atoms with van der Waals surface area (Å²) >= 11 is 0. The van der Waals surface area contributed by atoms with Crippen molar-refractivity contribution in [2.24, 2.45) is 0 Å². The second-order valence-corrected chi connectivity index (χ2v) is 8.26. The molecule has 1 aliphatic heterocycles. The molecule has 1 atom stereocenters. The molecule has 0 amide bonds. The number of benzene rings is 2. The number of nitrogens with zero attached hydrogens (tertiary/aromatic N) is 1. The van der Waals surface area contributed by atoms with Crippen LogP contribution in [0.3, 0.4) is 0 Å². The van der Waals surface area contributed by atoms with Gasteiger partial charge in [-0.15, -0.1) is 0 Å². The largest absolute Gasteiger partial charge is 0.462 e. The molecule has 0 spiro atoms. The van der Waals surface area contributed by atoms with E-state index in [1.54, 1.807) is 55.5 Å². The fourth-order valence-corrected chi connectivity index (χ4v) is 4.18. The zero-order valence-electron chi connectivity index (χ0n) is 15.4. The second kappa shape index (κ2) is 8.10. The van der Waals surface area contributed by atoms with Crippen molar-refractivity contribution in [3.8, 4) is 0 Å². The Bertz CT molecular complexity index is 887. The monoisotopic (exact) mass is 389 g/mol. The Labute approximate surface area is 159 Å². The molecule has 1 aliphatic rings. The Hall–Kier alpha value is -2.38. The average Bonchev–Trinajstić information content (AvgIpc) is 3.47. The molecule has 1 fully saturated rings. The highest BCUT2D eigenvalue weighted by Crippen LogP contribution is 2.26. The molecule has 0 bridgehead atoms. The lowest BCUT2D eigenvalue weighted by molar-refractivity contribution is 0.0526. The van der Waals surface area contributed by atoms with Crippen molar-refractivity contribution in [2.75, 3.05) is 24.1 Å². The van der Waals surface area contributed by atoms with Crippen LogP contribution in [-0.2, 0) is 19.5 Å². The predicted molar refractivity (Wildman–Crippen MR) is 102 cm³/mol. The van der Waals surface area contributed by atoms with Gasteiger partial charge in [0.05, 0.1) is 35.5 Å². The van der Waals surface area contributed by atoms with Crippen LogP contribution >= 0.6 is 0 Å². The molecule has 0 radical (unpaired) electrons. The zero-order valence-corrected chi connectivity index (χ0v) is 16.2. The van der Waals surface area contributed by atoms with Gasteiger partial charge in [-0.3, -0.25) is 4.31 Å². The quantitative estimate of drug-likeness (QED) is 0.512. The molecule has 0 N–H and O–H groups in total. The normalized spacial score (nSPS) is 16.0. The summed E-state index contributed by atoms with van der Waals surface area (Å²) in [5, 5.41) is 0. The van der Waals surface area contributed by atoms with E-state index in [0.717, 1.165) is 5.56 Å². The first-order chi connectivity index (χ1) is 12.9. The molecule has 0 unspecified atom stereocenters. The van der Waals surface area contributed by atoms with Crippen LogP contribution in [0.5, 0.6) is 0 Å². The fourth-order valence-electron chi connectivity index (χ4n) is 2.70. The van der Waals surface area contributed by atoms with E-state index in [-0.39, 0.29) is 17.6 Å². The maximum atomic E-state index is 13.2. The summed E-state index contributed by atoms with van der Waals surface area (Å²) in [6, 6.07) is 13.2. The van der Waals surface area contributed by atoms with Crippen LogP contribution in [-0.4, -0.2) is 40.2 Å². The fraction of sp³-hybridized carbons (Fsp3) is 0.350. The summed E-state index contributed by atoms with van der Waals surface area (Å²) in [7, 11) is -3.72. The molecule has 1 saturated heterocycles. The van der Waals surface area contributed by atoms with Crippen LogP contribution in [0.25, 0.3) is 0 Å². The summed E-state index contributed by atoms with van der Waals surface area (Å²) in [5.74, 6) is -0.427. The van der Waals surface area contributed by atoms with Gasteiger partial charge in [-0.25, -0.2) is 13.2 Å². The van der Waals surface area contributed by atoms with Crippen LogP contribution in [0.1, 0.15) is 29.3 Å². The lowest BCUT2D eigenvalue weighted by atomic mass is 10.2. The number of rotatable bonds is 8. The molecular formula is C20H23NO5S. The van der Waals surface area contributed by atoms with E-state index in [1.807, 2.05) is 6.92 Å². The molecule has 144 valence electrons. The van der Waals surface area contributed by atoms with Gasteiger partial charge in [0.25, 0.3) is 10.0 Å². The van der Waals surface area contributed by atoms with Gasteiger partial charge in [-0.05, 0) is 56.7 Å². The summed E-state index contributed by atoms with van der Waals surface area (Å²) in [4.78, 5) is 12.1. The van der Waals surface area contributed by atoms with E-state index in [9.17, 15) is 13.2 Å². The van der Waals surface area contributed by atoms with Crippen LogP contribution in [0.4, 0.5) is 5.69 Å². The van der Waals surface area contributed by atoms with Gasteiger partial charge < -0.3 is 9.47 Å². The van der Waals surface area contributed by atoms with E-state index >= 15 is 0 Å². The van der Waals surface area contributed by atoms with Crippen molar-refractivity contribution >= 4 is 21.7 Å². The van der Waals surface area contributed by atoms with Crippen molar-refractivity contribution in [1.29, 1.82) is 0 Å². The molecule has 1 heterocycles. The second-order valence-electron chi connectivity index (χ2n) is 6.40. The summed E-state index contributed by atoms with van der Waals surface area (Å²) in [6.07, 6.45) is 0.726. The highest BCUT2D eigenvalue weighted by molar-refractivity contribution is 7.92. The number of hydrogen-bond donors (Lipinski definition) is 0. The molecule has 0 saturated carbocycles. The van der Waals surface area contributed by atoms with Crippen molar-refractivity contribution in [3.05, 3.63) is 59.7 Å². The Balaban J connectivity index is 1.90. The van der Waals surface area contributed by atoms with Crippen molar-refractivity contribution in [2.45, 2.75) is 31.3 Å². The first-order valence-electron chi connectivity index (χ1n) is 8.90. The highest BCUT2D eigenvalue weighted by Gasteiger charge is 2.29. The van der Waals surface area contributed by atoms with Gasteiger partial charge >= 0.3 is 5.97 Å². The van der Waals surface area contributed by atoms with Crippen LogP contribution in [0.15, 0.2) is 53.4 Å². The standard InChI is InChI=1S/C20H23NO5S/c1-3-25-20(22)16-6-8-17(9-7-16)21(13-12-18-14-26-18)27(23,24)19-10-4-15(2)5-11-19/h4-11,18H,3,12-14H2,1-2H3/t18-/m0/s1. The van der Waals surface area contributed by atoms with E-state index in [2.05, 4.69) is 0 Å². The van der Waals surface area contributed by atoms with E-state index < -0.39 is 16.0 Å². The minimum atomic E-state index is -3.72. The topological polar surface area (TPSA) is 76.2 Å². The first-order valence-corrected chi connectivity index (χ1v) is 10.3. The molecule has 0 aromatic heterocycles. The molecule has 27 heavy (non-hydrogen) atoms. The van der Waals surface area contributed by atoms with Gasteiger partial charge in [-0.1, -0.05) is 17.7 Å². The average molecular weight is 389 g/mol. The van der Waals surface area contributed by atoms with Crippen LogP contribution in [0.2, 0.25) is 0 Å². The number of anilines is 1. The smallest absolute Gasteiger partial charge is 0.338 e. The third kappa shape index (κ3) is 4.67. The van der Waals surface area contributed by atoms with E-state index in [4.69, 9.17) is 9.47 Å². The Morgan fingerprint density at radius 3 is 2.33 bits per heavy atom. The lowest BCUT2D eigenvalue weighted by Gasteiger charge is -2.24. The number of carbonyl (C=O) groups excluding carboxylic acids is 1.